The fraction of sp³-hybridized carbons (Fsp3) is 0.300. The molecule has 0 spiro atoms. The lowest BCUT2D eigenvalue weighted by Gasteiger charge is -2.24. The van der Waals surface area contributed by atoms with Gasteiger partial charge in [-0.25, -0.2) is 0 Å². The first-order valence-corrected chi connectivity index (χ1v) is 9.35. The molecule has 0 unspecified atom stereocenters. The van der Waals surface area contributed by atoms with Crippen LogP contribution in [0.5, 0.6) is 0 Å². The Morgan fingerprint density at radius 3 is 1.69 bits per heavy atom. The van der Waals surface area contributed by atoms with Gasteiger partial charge in [0, 0.05) is 28.8 Å². The summed E-state index contributed by atoms with van der Waals surface area (Å²) in [4.78, 5) is 4.49. The number of nitrogens with zero attached hydrogens (tertiary/aromatic N) is 2. The molecule has 2 aromatic rings. The van der Waals surface area contributed by atoms with Crippen LogP contribution < -0.4 is 0 Å². The molecule has 0 fully saturated rings. The van der Waals surface area contributed by atoms with Crippen molar-refractivity contribution in [3.63, 3.8) is 0 Å². The summed E-state index contributed by atoms with van der Waals surface area (Å²) in [5.41, 5.74) is 5.98. The predicted molar refractivity (Wildman–Crippen MR) is 114 cm³/mol. The molecule has 1 aliphatic rings. The Hall–Kier alpha value is -1.06. The Morgan fingerprint density at radius 2 is 1.23 bits per heavy atom. The Morgan fingerprint density at radius 1 is 0.769 bits per heavy atom. The summed E-state index contributed by atoms with van der Waals surface area (Å²) in [6.45, 7) is 8.61. The topological polar surface area (TPSA) is 6.48 Å². The van der Waals surface area contributed by atoms with E-state index in [1.165, 1.54) is 22.3 Å². The lowest BCUT2D eigenvalue weighted by Crippen LogP contribution is -2.27. The SMILES string of the molecule is CC1=C(Cl)N(Cc2ccc(Cl)cc2C)CN1Cc1ccc(Cl)cc1C.Cl. The normalized spacial score (nSPS) is 14.1. The van der Waals surface area contributed by atoms with Gasteiger partial charge in [-0.3, -0.25) is 0 Å². The number of halogens is 4. The number of benzene rings is 2. The Balaban J connectivity index is 0.00000243. The van der Waals surface area contributed by atoms with E-state index in [0.29, 0.717) is 0 Å². The van der Waals surface area contributed by atoms with Gasteiger partial charge in [0.2, 0.25) is 0 Å². The monoisotopic (exact) mass is 430 g/mol. The average Bonchev–Trinajstić information content (AvgIpc) is 2.81. The summed E-state index contributed by atoms with van der Waals surface area (Å²) in [5.74, 6) is 0. The van der Waals surface area contributed by atoms with Gasteiger partial charge < -0.3 is 9.80 Å². The Kier molecular flexibility index (Phi) is 7.15. The molecule has 0 aliphatic carbocycles. The van der Waals surface area contributed by atoms with E-state index in [9.17, 15) is 0 Å². The first-order valence-electron chi connectivity index (χ1n) is 8.21. The molecule has 0 saturated carbocycles. The van der Waals surface area contributed by atoms with Crippen LogP contribution in [-0.4, -0.2) is 16.5 Å². The van der Waals surface area contributed by atoms with Crippen molar-refractivity contribution in [3.05, 3.63) is 79.6 Å². The van der Waals surface area contributed by atoms with Crippen LogP contribution in [0.15, 0.2) is 47.3 Å². The molecule has 3 rings (SSSR count). The van der Waals surface area contributed by atoms with Crippen molar-refractivity contribution in [2.75, 3.05) is 6.67 Å². The largest absolute Gasteiger partial charge is 0.351 e. The van der Waals surface area contributed by atoms with Crippen LogP contribution in [0.3, 0.4) is 0 Å². The molecule has 0 amide bonds. The minimum atomic E-state index is 0. The quantitative estimate of drug-likeness (QED) is 0.494. The van der Waals surface area contributed by atoms with Crippen molar-refractivity contribution in [2.45, 2.75) is 33.9 Å². The summed E-state index contributed by atoms with van der Waals surface area (Å²) in [6, 6.07) is 12.0. The third-order valence-corrected chi connectivity index (χ3v) is 5.71. The van der Waals surface area contributed by atoms with Gasteiger partial charge in [0.05, 0.1) is 6.67 Å². The van der Waals surface area contributed by atoms with Crippen molar-refractivity contribution in [1.29, 1.82) is 0 Å². The molecule has 0 N–H and O–H groups in total. The minimum absolute atomic E-state index is 0. The first-order chi connectivity index (χ1) is 11.8. The van der Waals surface area contributed by atoms with Gasteiger partial charge in [0.25, 0.3) is 0 Å². The highest BCUT2D eigenvalue weighted by molar-refractivity contribution is 6.31. The number of hydrogen-bond acceptors (Lipinski definition) is 2. The molecule has 0 radical (unpaired) electrons. The van der Waals surface area contributed by atoms with Crippen LogP contribution in [0.4, 0.5) is 0 Å². The number of hydrogen-bond donors (Lipinski definition) is 0. The number of allylic oxidation sites excluding steroid dienone is 1. The summed E-state index contributed by atoms with van der Waals surface area (Å²) in [7, 11) is 0. The van der Waals surface area contributed by atoms with Gasteiger partial charge in [-0.05, 0) is 67.3 Å². The van der Waals surface area contributed by atoms with Crippen molar-refractivity contribution in [2.24, 2.45) is 0 Å². The molecule has 140 valence electrons. The zero-order valence-corrected chi connectivity index (χ0v) is 18.1. The molecule has 0 aromatic heterocycles. The fourth-order valence-electron chi connectivity index (χ4n) is 3.11. The van der Waals surface area contributed by atoms with Crippen LogP contribution in [0.2, 0.25) is 10.0 Å². The van der Waals surface area contributed by atoms with E-state index in [2.05, 4.69) is 42.7 Å². The molecular formula is C20H22Cl4N2. The van der Waals surface area contributed by atoms with Crippen molar-refractivity contribution in [1.82, 2.24) is 9.80 Å². The molecular weight excluding hydrogens is 410 g/mol. The molecule has 6 heteroatoms. The van der Waals surface area contributed by atoms with Gasteiger partial charge in [0.1, 0.15) is 5.16 Å². The average molecular weight is 432 g/mol. The van der Waals surface area contributed by atoms with E-state index in [-0.39, 0.29) is 12.4 Å². The minimum Gasteiger partial charge on any atom is -0.351 e. The third kappa shape index (κ3) is 4.61. The van der Waals surface area contributed by atoms with Crippen LogP contribution in [-0.2, 0) is 13.1 Å². The molecule has 1 heterocycles. The van der Waals surface area contributed by atoms with Crippen molar-refractivity contribution >= 4 is 47.2 Å². The van der Waals surface area contributed by atoms with Crippen LogP contribution >= 0.6 is 47.2 Å². The van der Waals surface area contributed by atoms with Crippen LogP contribution in [0, 0.1) is 13.8 Å². The second-order valence-electron chi connectivity index (χ2n) is 6.56. The van der Waals surface area contributed by atoms with Crippen LogP contribution in [0.1, 0.15) is 29.2 Å². The second-order valence-corrected chi connectivity index (χ2v) is 7.79. The molecule has 1 aliphatic heterocycles. The fourth-order valence-corrected chi connectivity index (χ4v) is 3.79. The molecule has 2 nitrogen and oxygen atoms in total. The lowest BCUT2D eigenvalue weighted by atomic mass is 10.1. The standard InChI is InChI=1S/C20H21Cl3N2.ClH/c1-13-8-18(21)6-4-16(13)10-24-12-25(20(23)15(24)3)11-17-5-7-19(22)9-14(17)2;/h4-9H,10-12H2,1-3H3;1H. The van der Waals surface area contributed by atoms with Gasteiger partial charge >= 0.3 is 0 Å². The zero-order chi connectivity index (χ0) is 18.1. The smallest absolute Gasteiger partial charge is 0.125 e. The Labute approximate surface area is 176 Å². The molecule has 0 atom stereocenters. The molecule has 0 saturated heterocycles. The maximum atomic E-state index is 6.60. The molecule has 0 bridgehead atoms. The summed E-state index contributed by atoms with van der Waals surface area (Å²) in [5, 5.41) is 2.34. The maximum absolute atomic E-state index is 6.60. The van der Waals surface area contributed by atoms with E-state index in [1.54, 1.807) is 0 Å². The van der Waals surface area contributed by atoms with E-state index in [0.717, 1.165) is 40.7 Å². The van der Waals surface area contributed by atoms with E-state index in [1.807, 2.05) is 24.3 Å². The first kappa shape index (κ1) is 21.2. The Bertz CT molecular complexity index is 765. The van der Waals surface area contributed by atoms with E-state index in [4.69, 9.17) is 34.8 Å². The summed E-state index contributed by atoms with van der Waals surface area (Å²) in [6.07, 6.45) is 0. The highest BCUT2D eigenvalue weighted by Crippen LogP contribution is 2.31. The third-order valence-electron chi connectivity index (χ3n) is 4.72. The maximum Gasteiger partial charge on any atom is 0.125 e. The highest BCUT2D eigenvalue weighted by Gasteiger charge is 2.25. The number of aryl methyl sites for hydroxylation is 2. The predicted octanol–water partition coefficient (Wildman–Crippen LogP) is 6.74. The lowest BCUT2D eigenvalue weighted by molar-refractivity contribution is 0.241. The summed E-state index contributed by atoms with van der Waals surface area (Å²) >= 11 is 18.7. The van der Waals surface area contributed by atoms with Crippen LogP contribution in [0.25, 0.3) is 0 Å². The second kappa shape index (κ2) is 8.75. The van der Waals surface area contributed by atoms with Crippen molar-refractivity contribution < 1.29 is 0 Å². The van der Waals surface area contributed by atoms with Gasteiger partial charge in [-0.2, -0.15) is 0 Å². The molecule has 26 heavy (non-hydrogen) atoms. The van der Waals surface area contributed by atoms with E-state index < -0.39 is 0 Å². The molecule has 2 aromatic carbocycles. The van der Waals surface area contributed by atoms with Gasteiger partial charge in [0.15, 0.2) is 0 Å². The van der Waals surface area contributed by atoms with Crippen molar-refractivity contribution in [3.8, 4) is 0 Å². The van der Waals surface area contributed by atoms with E-state index >= 15 is 0 Å². The highest BCUT2D eigenvalue weighted by atomic mass is 35.5. The number of rotatable bonds is 4. The summed E-state index contributed by atoms with van der Waals surface area (Å²) < 4.78 is 0. The zero-order valence-electron chi connectivity index (χ0n) is 15.0. The van der Waals surface area contributed by atoms with Gasteiger partial charge in [-0.15, -0.1) is 12.4 Å². The van der Waals surface area contributed by atoms with Gasteiger partial charge in [-0.1, -0.05) is 46.9 Å².